The van der Waals surface area contributed by atoms with Gasteiger partial charge in [-0.05, 0) is 6.92 Å². The lowest BCUT2D eigenvalue weighted by Crippen LogP contribution is -2.47. The Morgan fingerprint density at radius 1 is 1.79 bits per heavy atom. The maximum Gasteiger partial charge on any atom is 0.191 e. The predicted molar refractivity (Wildman–Crippen MR) is 58.5 cm³/mol. The van der Waals surface area contributed by atoms with Crippen molar-refractivity contribution in [1.82, 2.24) is 4.90 Å². The van der Waals surface area contributed by atoms with Crippen molar-refractivity contribution in [3.63, 3.8) is 0 Å². The van der Waals surface area contributed by atoms with Crippen LogP contribution in [-0.4, -0.2) is 43.2 Å². The van der Waals surface area contributed by atoms with Crippen molar-refractivity contribution in [3.8, 4) is 0 Å². The summed E-state index contributed by atoms with van der Waals surface area (Å²) in [5, 5.41) is 0.495. The Balaban J connectivity index is 2.46. The summed E-state index contributed by atoms with van der Waals surface area (Å²) in [7, 11) is 0. The molecule has 2 N–H and O–H groups in total. The topological polar surface area (TPSA) is 50.8 Å². The molecule has 0 radical (unpaired) electrons. The first-order valence-electron chi connectivity index (χ1n) is 4.59. The summed E-state index contributed by atoms with van der Waals surface area (Å²) < 4.78 is 5.39. The number of aliphatic imine (C=N–C) groups is 1. The predicted octanol–water partition coefficient (Wildman–Crippen LogP) is 0.774. The Morgan fingerprint density at radius 2 is 2.50 bits per heavy atom. The largest absolute Gasteiger partial charge is 0.375 e. The van der Waals surface area contributed by atoms with E-state index >= 15 is 0 Å². The Bertz CT molecular complexity index is 242. The Hall–Kier alpha value is -0.740. The number of ether oxygens (including phenoxy) is 1. The molecular weight excluding hydrogens is 202 g/mol. The number of morpholine rings is 1. The lowest BCUT2D eigenvalue weighted by Gasteiger charge is -2.31. The molecule has 0 saturated carbocycles. The quantitative estimate of drug-likeness (QED) is 0.549. The van der Waals surface area contributed by atoms with Crippen LogP contribution in [0, 0.1) is 0 Å². The number of halogens is 1. The van der Waals surface area contributed by atoms with E-state index in [-0.39, 0.29) is 6.10 Å². The van der Waals surface area contributed by atoms with Crippen molar-refractivity contribution < 1.29 is 4.74 Å². The van der Waals surface area contributed by atoms with Gasteiger partial charge in [-0.2, -0.15) is 0 Å². The van der Waals surface area contributed by atoms with Crippen LogP contribution in [0.25, 0.3) is 0 Å². The van der Waals surface area contributed by atoms with Gasteiger partial charge in [-0.15, -0.1) is 0 Å². The van der Waals surface area contributed by atoms with E-state index < -0.39 is 0 Å². The maximum atomic E-state index is 5.78. The zero-order valence-electron chi connectivity index (χ0n) is 8.37. The second-order valence-corrected chi connectivity index (χ2v) is 3.85. The second kappa shape index (κ2) is 5.22. The van der Waals surface area contributed by atoms with Crippen LogP contribution in [0.4, 0.5) is 0 Å². The summed E-state index contributed by atoms with van der Waals surface area (Å²) in [6, 6.07) is 0. The van der Waals surface area contributed by atoms with Gasteiger partial charge in [-0.25, -0.2) is 4.99 Å². The van der Waals surface area contributed by atoms with Crippen LogP contribution in [0.15, 0.2) is 16.6 Å². The van der Waals surface area contributed by atoms with Crippen LogP contribution in [0.5, 0.6) is 0 Å². The van der Waals surface area contributed by atoms with Crippen molar-refractivity contribution >= 4 is 17.6 Å². The molecule has 0 amide bonds. The molecule has 1 saturated heterocycles. The average molecular weight is 218 g/mol. The average Bonchev–Trinajstić information content (AvgIpc) is 2.14. The molecule has 0 aromatic rings. The molecule has 1 aliphatic heterocycles. The molecule has 0 aromatic carbocycles. The third kappa shape index (κ3) is 3.55. The summed E-state index contributed by atoms with van der Waals surface area (Å²) in [6.07, 6.45) is 0.205. The molecule has 0 aromatic heterocycles. The fraction of sp³-hybridized carbons (Fsp3) is 0.667. The summed E-state index contributed by atoms with van der Waals surface area (Å²) in [4.78, 5) is 6.11. The molecule has 1 heterocycles. The fourth-order valence-electron chi connectivity index (χ4n) is 1.29. The van der Waals surface area contributed by atoms with E-state index in [9.17, 15) is 0 Å². The first kappa shape index (κ1) is 11.3. The number of guanidine groups is 1. The third-order valence-electron chi connectivity index (χ3n) is 1.98. The van der Waals surface area contributed by atoms with Gasteiger partial charge in [0.25, 0.3) is 0 Å². The van der Waals surface area contributed by atoms with Crippen LogP contribution in [0.2, 0.25) is 0 Å². The van der Waals surface area contributed by atoms with Crippen molar-refractivity contribution in [2.24, 2.45) is 10.7 Å². The van der Waals surface area contributed by atoms with Crippen LogP contribution < -0.4 is 5.73 Å². The van der Waals surface area contributed by atoms with Gasteiger partial charge in [0.2, 0.25) is 0 Å². The fourth-order valence-corrected chi connectivity index (χ4v) is 1.35. The molecular formula is C9H16ClN3O. The van der Waals surface area contributed by atoms with Crippen molar-refractivity contribution in [2.75, 3.05) is 26.2 Å². The van der Waals surface area contributed by atoms with E-state index in [1.54, 1.807) is 0 Å². The van der Waals surface area contributed by atoms with Crippen LogP contribution >= 0.6 is 11.6 Å². The maximum absolute atomic E-state index is 5.78. The summed E-state index contributed by atoms with van der Waals surface area (Å²) >= 11 is 5.59. The van der Waals surface area contributed by atoms with E-state index in [4.69, 9.17) is 22.1 Å². The van der Waals surface area contributed by atoms with Gasteiger partial charge in [-0.3, -0.25) is 0 Å². The highest BCUT2D eigenvalue weighted by Crippen LogP contribution is 2.04. The smallest absolute Gasteiger partial charge is 0.191 e. The highest BCUT2D eigenvalue weighted by Gasteiger charge is 2.17. The molecule has 1 fully saturated rings. The first-order valence-corrected chi connectivity index (χ1v) is 4.97. The van der Waals surface area contributed by atoms with E-state index in [0.29, 0.717) is 24.1 Å². The molecule has 0 aliphatic carbocycles. The van der Waals surface area contributed by atoms with Gasteiger partial charge in [-0.1, -0.05) is 18.2 Å². The number of hydrogen-bond donors (Lipinski definition) is 1. The summed E-state index contributed by atoms with van der Waals surface area (Å²) in [6.45, 7) is 8.20. The van der Waals surface area contributed by atoms with Gasteiger partial charge in [0.1, 0.15) is 0 Å². The molecule has 14 heavy (non-hydrogen) atoms. The minimum Gasteiger partial charge on any atom is -0.375 e. The van der Waals surface area contributed by atoms with E-state index in [0.717, 1.165) is 13.1 Å². The van der Waals surface area contributed by atoms with Crippen LogP contribution in [0.3, 0.4) is 0 Å². The molecule has 0 spiro atoms. The molecule has 1 aliphatic rings. The number of hydrogen-bond acceptors (Lipinski definition) is 2. The zero-order valence-corrected chi connectivity index (χ0v) is 9.13. The highest BCUT2D eigenvalue weighted by molar-refractivity contribution is 6.29. The molecule has 4 nitrogen and oxygen atoms in total. The lowest BCUT2D eigenvalue weighted by molar-refractivity contribution is 0.00532. The minimum absolute atomic E-state index is 0.205. The molecule has 1 unspecified atom stereocenters. The van der Waals surface area contributed by atoms with Crippen LogP contribution in [-0.2, 0) is 4.74 Å². The van der Waals surface area contributed by atoms with E-state index in [2.05, 4.69) is 11.6 Å². The molecule has 0 bridgehead atoms. The molecule has 80 valence electrons. The third-order valence-corrected chi connectivity index (χ3v) is 2.10. The molecule has 1 rings (SSSR count). The van der Waals surface area contributed by atoms with E-state index in [1.165, 1.54) is 0 Å². The minimum atomic E-state index is 0.205. The van der Waals surface area contributed by atoms with Crippen LogP contribution in [0.1, 0.15) is 6.92 Å². The van der Waals surface area contributed by atoms with Gasteiger partial charge < -0.3 is 15.4 Å². The SMILES string of the molecule is C=C(Cl)CN=C(N)N1CCOC(C)C1. The van der Waals surface area contributed by atoms with E-state index in [1.807, 2.05) is 11.8 Å². The summed E-state index contributed by atoms with van der Waals surface area (Å²) in [5.41, 5.74) is 5.78. The van der Waals surface area contributed by atoms with Crippen molar-refractivity contribution in [3.05, 3.63) is 11.6 Å². The number of rotatable bonds is 2. The Morgan fingerprint density at radius 3 is 3.07 bits per heavy atom. The number of nitrogens with zero attached hydrogens (tertiary/aromatic N) is 2. The second-order valence-electron chi connectivity index (χ2n) is 3.32. The highest BCUT2D eigenvalue weighted by atomic mass is 35.5. The number of nitrogens with two attached hydrogens (primary N) is 1. The van der Waals surface area contributed by atoms with Gasteiger partial charge >= 0.3 is 0 Å². The molecule has 5 heteroatoms. The van der Waals surface area contributed by atoms with Gasteiger partial charge in [0.05, 0.1) is 19.3 Å². The van der Waals surface area contributed by atoms with Crippen molar-refractivity contribution in [1.29, 1.82) is 0 Å². The Labute approximate surface area is 89.4 Å². The van der Waals surface area contributed by atoms with Gasteiger partial charge in [0.15, 0.2) is 5.96 Å². The normalized spacial score (nSPS) is 23.7. The standard InChI is InChI=1S/C9H16ClN3O/c1-7(10)5-12-9(11)13-3-4-14-8(2)6-13/h8H,1,3-6H2,2H3,(H2,11,12). The zero-order chi connectivity index (χ0) is 10.6. The monoisotopic (exact) mass is 217 g/mol. The van der Waals surface area contributed by atoms with Crippen molar-refractivity contribution in [2.45, 2.75) is 13.0 Å². The first-order chi connectivity index (χ1) is 6.59. The molecule has 1 atom stereocenters. The lowest BCUT2D eigenvalue weighted by atomic mass is 10.3. The summed E-state index contributed by atoms with van der Waals surface area (Å²) in [5.74, 6) is 0.516. The van der Waals surface area contributed by atoms with Gasteiger partial charge in [0, 0.05) is 18.1 Å². The Kier molecular flexibility index (Phi) is 4.22.